The molecule has 1 heteroatoms. The molecule has 0 amide bonds. The summed E-state index contributed by atoms with van der Waals surface area (Å²) in [6.07, 6.45) is 16.0. The van der Waals surface area contributed by atoms with Crippen LogP contribution in [0.25, 0.3) is 0 Å². The van der Waals surface area contributed by atoms with Crippen LogP contribution in [0.15, 0.2) is 46.2 Å². The fraction of sp³-hybridized carbons (Fsp3) is 0.583. The molecule has 4 rings (SSSR count). The fourth-order valence-electron chi connectivity index (χ4n) is 6.36. The van der Waals surface area contributed by atoms with E-state index >= 15 is 0 Å². The van der Waals surface area contributed by atoms with E-state index in [4.69, 9.17) is 5.73 Å². The van der Waals surface area contributed by atoms with Crippen LogP contribution in [0.1, 0.15) is 65.7 Å². The third-order valence-electron chi connectivity index (χ3n) is 7.62. The number of rotatable bonds is 0. The van der Waals surface area contributed by atoms with Crippen molar-refractivity contribution in [1.29, 1.82) is 0 Å². The zero-order valence-electron chi connectivity index (χ0n) is 16.0. The Bertz CT molecular complexity index is 764. The summed E-state index contributed by atoms with van der Waals surface area (Å²) in [5.74, 6) is 8.74. The highest BCUT2D eigenvalue weighted by atomic mass is 14.6. The van der Waals surface area contributed by atoms with E-state index in [0.29, 0.717) is 11.3 Å². The molecule has 25 heavy (non-hydrogen) atoms. The lowest BCUT2D eigenvalue weighted by Crippen LogP contribution is -2.41. The number of nitrogens with two attached hydrogens (primary N) is 1. The molecule has 0 spiro atoms. The molecule has 1 nitrogen and oxygen atoms in total. The number of fused-ring (bicyclic) bond motifs is 5. The highest BCUT2D eigenvalue weighted by Gasteiger charge is 2.52. The molecule has 0 saturated heterocycles. The van der Waals surface area contributed by atoms with Crippen molar-refractivity contribution < 1.29 is 0 Å². The van der Waals surface area contributed by atoms with Crippen LogP contribution in [-0.4, -0.2) is 0 Å². The Kier molecular flexibility index (Phi) is 4.19. The lowest BCUT2D eigenvalue weighted by Gasteiger charge is -2.50. The van der Waals surface area contributed by atoms with E-state index < -0.39 is 0 Å². The van der Waals surface area contributed by atoms with Gasteiger partial charge in [-0.3, -0.25) is 0 Å². The Hall–Kier alpha value is -1.68. The van der Waals surface area contributed by atoms with Crippen molar-refractivity contribution in [3.8, 4) is 11.8 Å². The summed E-state index contributed by atoms with van der Waals surface area (Å²) < 4.78 is 0. The minimum absolute atomic E-state index is 0.462. The third-order valence-corrected chi connectivity index (χ3v) is 7.62. The van der Waals surface area contributed by atoms with Crippen molar-refractivity contribution in [2.24, 2.45) is 28.9 Å². The first-order chi connectivity index (χ1) is 12.1. The lowest BCUT2D eigenvalue weighted by molar-refractivity contribution is 0.0638. The smallest absolute Gasteiger partial charge is 0.0438 e. The molecule has 0 radical (unpaired) electrons. The van der Waals surface area contributed by atoms with Gasteiger partial charge in [-0.15, -0.1) is 5.92 Å². The van der Waals surface area contributed by atoms with Gasteiger partial charge in [-0.2, -0.15) is 0 Å². The maximum atomic E-state index is 6.31. The molecule has 4 aliphatic rings. The van der Waals surface area contributed by atoms with Gasteiger partial charge < -0.3 is 5.73 Å². The second-order valence-electron chi connectivity index (χ2n) is 8.57. The Morgan fingerprint density at radius 2 is 2.08 bits per heavy atom. The highest BCUT2D eigenvalue weighted by Crippen LogP contribution is 2.62. The summed E-state index contributed by atoms with van der Waals surface area (Å²) in [5.41, 5.74) is 13.6. The normalized spacial score (nSPS) is 38.7. The number of hydrogen-bond donors (Lipinski definition) is 1. The summed E-state index contributed by atoms with van der Waals surface area (Å²) in [6.45, 7) is 6.70. The summed E-state index contributed by atoms with van der Waals surface area (Å²) in [4.78, 5) is 0. The Labute approximate surface area is 153 Å². The maximum Gasteiger partial charge on any atom is 0.0438 e. The molecular weight excluding hydrogens is 302 g/mol. The van der Waals surface area contributed by atoms with Crippen molar-refractivity contribution in [3.63, 3.8) is 0 Å². The van der Waals surface area contributed by atoms with Crippen LogP contribution in [-0.2, 0) is 0 Å². The van der Waals surface area contributed by atoms with Crippen LogP contribution in [0, 0.1) is 35.0 Å². The molecule has 0 aromatic carbocycles. The van der Waals surface area contributed by atoms with Crippen LogP contribution < -0.4 is 5.73 Å². The van der Waals surface area contributed by atoms with E-state index in [1.165, 1.54) is 38.5 Å². The standard InChI is InChI=1S/C24H31N/c1-4-6-17-15-21-16(8-12-23(17)25)7-10-20-19(21)13-14-24(3)18(5-2)9-11-22(20)24/h5,8,15,19-20,22H,7,9-14,25H2,1-3H3/b18-5-/t19?,20?,22?,24-/m1/s1. The predicted molar refractivity (Wildman–Crippen MR) is 105 cm³/mol. The summed E-state index contributed by atoms with van der Waals surface area (Å²) >= 11 is 0. The average Bonchev–Trinajstić information content (AvgIpc) is 2.87. The van der Waals surface area contributed by atoms with E-state index in [1.807, 2.05) is 6.92 Å². The second-order valence-corrected chi connectivity index (χ2v) is 8.57. The van der Waals surface area contributed by atoms with Crippen molar-refractivity contribution in [2.45, 2.75) is 65.7 Å². The van der Waals surface area contributed by atoms with E-state index in [0.717, 1.165) is 29.5 Å². The molecule has 4 aliphatic carbocycles. The third kappa shape index (κ3) is 2.53. The predicted octanol–water partition coefficient (Wildman–Crippen LogP) is 5.66. The zero-order chi connectivity index (χ0) is 17.6. The molecule has 0 aliphatic heterocycles. The van der Waals surface area contributed by atoms with E-state index in [1.54, 1.807) is 16.7 Å². The topological polar surface area (TPSA) is 26.0 Å². The van der Waals surface area contributed by atoms with Gasteiger partial charge in [0.15, 0.2) is 0 Å². The number of hydrogen-bond acceptors (Lipinski definition) is 1. The maximum absolute atomic E-state index is 6.31. The molecule has 0 bridgehead atoms. The van der Waals surface area contributed by atoms with E-state index in [9.17, 15) is 0 Å². The lowest BCUT2D eigenvalue weighted by atomic mass is 9.54. The van der Waals surface area contributed by atoms with Gasteiger partial charge in [0.05, 0.1) is 0 Å². The van der Waals surface area contributed by atoms with Crippen LogP contribution in [0.3, 0.4) is 0 Å². The SMILES string of the molecule is CC#CC1=C(N)CC=C2CCC3C(CC[C@]4(C)/C(=C\C)CCC34)C2=C1. The first-order valence-electron chi connectivity index (χ1n) is 10.1. The molecule has 132 valence electrons. The van der Waals surface area contributed by atoms with Crippen LogP contribution in [0.2, 0.25) is 0 Å². The van der Waals surface area contributed by atoms with Crippen molar-refractivity contribution in [1.82, 2.24) is 0 Å². The van der Waals surface area contributed by atoms with Gasteiger partial charge in [0.2, 0.25) is 0 Å². The molecule has 3 saturated carbocycles. The molecular formula is C24H31N. The monoisotopic (exact) mass is 333 g/mol. The van der Waals surface area contributed by atoms with Gasteiger partial charge in [0.25, 0.3) is 0 Å². The number of allylic oxidation sites excluding steroid dienone is 7. The van der Waals surface area contributed by atoms with Gasteiger partial charge in [-0.05, 0) is 92.8 Å². The molecule has 4 atom stereocenters. The molecule has 0 aromatic heterocycles. The van der Waals surface area contributed by atoms with Crippen LogP contribution in [0.5, 0.6) is 0 Å². The van der Waals surface area contributed by atoms with Gasteiger partial charge in [-0.25, -0.2) is 0 Å². The Morgan fingerprint density at radius 3 is 2.84 bits per heavy atom. The average molecular weight is 334 g/mol. The molecule has 2 N–H and O–H groups in total. The fourth-order valence-corrected chi connectivity index (χ4v) is 6.36. The second kappa shape index (κ2) is 6.24. The molecule has 3 unspecified atom stereocenters. The summed E-state index contributed by atoms with van der Waals surface area (Å²) in [7, 11) is 0. The largest absolute Gasteiger partial charge is 0.401 e. The van der Waals surface area contributed by atoms with Gasteiger partial charge in [0, 0.05) is 17.7 Å². The molecule has 0 aromatic rings. The minimum atomic E-state index is 0.462. The van der Waals surface area contributed by atoms with Crippen LogP contribution >= 0.6 is 0 Å². The van der Waals surface area contributed by atoms with Crippen molar-refractivity contribution in [2.75, 3.05) is 0 Å². The first kappa shape index (κ1) is 16.8. The van der Waals surface area contributed by atoms with Crippen molar-refractivity contribution >= 4 is 0 Å². The first-order valence-corrected chi connectivity index (χ1v) is 10.1. The highest BCUT2D eigenvalue weighted by molar-refractivity contribution is 5.52. The van der Waals surface area contributed by atoms with Gasteiger partial charge >= 0.3 is 0 Å². The molecule has 0 heterocycles. The van der Waals surface area contributed by atoms with Gasteiger partial charge in [-0.1, -0.05) is 30.6 Å². The quantitative estimate of drug-likeness (QED) is 0.449. The van der Waals surface area contributed by atoms with E-state index in [-0.39, 0.29) is 0 Å². The Balaban J connectivity index is 1.72. The summed E-state index contributed by atoms with van der Waals surface area (Å²) in [6, 6.07) is 0. The Morgan fingerprint density at radius 1 is 1.24 bits per heavy atom. The van der Waals surface area contributed by atoms with Crippen LogP contribution in [0.4, 0.5) is 0 Å². The van der Waals surface area contributed by atoms with E-state index in [2.05, 4.69) is 43.9 Å². The summed E-state index contributed by atoms with van der Waals surface area (Å²) in [5, 5.41) is 0. The zero-order valence-corrected chi connectivity index (χ0v) is 16.0. The van der Waals surface area contributed by atoms with Crippen molar-refractivity contribution in [3.05, 3.63) is 46.2 Å². The molecule has 3 fully saturated rings. The van der Waals surface area contributed by atoms with Gasteiger partial charge in [0.1, 0.15) is 0 Å². The minimum Gasteiger partial charge on any atom is -0.401 e.